The van der Waals surface area contributed by atoms with Gasteiger partial charge in [-0.2, -0.15) is 5.26 Å². The Hall–Kier alpha value is -2.09. The van der Waals surface area contributed by atoms with Crippen LogP contribution in [0.3, 0.4) is 0 Å². The van der Waals surface area contributed by atoms with Gasteiger partial charge in [0.2, 0.25) is 5.91 Å². The Morgan fingerprint density at radius 2 is 1.96 bits per heavy atom. The lowest BCUT2D eigenvalue weighted by atomic mass is 9.79. The second-order valence-corrected chi connectivity index (χ2v) is 7.27. The number of nitrogens with zero attached hydrogens (tertiary/aromatic N) is 2. The van der Waals surface area contributed by atoms with Gasteiger partial charge in [-0.25, -0.2) is 4.39 Å². The number of hydrogen-bond donors (Lipinski definition) is 0. The van der Waals surface area contributed by atoms with Crippen LogP contribution in [-0.2, 0) is 4.79 Å². The van der Waals surface area contributed by atoms with Crippen LogP contribution >= 0.6 is 0 Å². The van der Waals surface area contributed by atoms with Gasteiger partial charge in [0, 0.05) is 31.8 Å². The highest BCUT2D eigenvalue weighted by atomic mass is 19.1. The molecule has 4 nitrogen and oxygen atoms in total. The van der Waals surface area contributed by atoms with Gasteiger partial charge in [-0.05, 0) is 37.0 Å². The van der Waals surface area contributed by atoms with Crippen molar-refractivity contribution >= 4 is 5.91 Å². The molecule has 0 bridgehead atoms. The second kappa shape index (κ2) is 7.86. The fourth-order valence-corrected chi connectivity index (χ4v) is 3.96. The van der Waals surface area contributed by atoms with Crippen LogP contribution in [0, 0.1) is 29.0 Å². The fourth-order valence-electron chi connectivity index (χ4n) is 3.96. The number of amides is 1. The highest BCUT2D eigenvalue weighted by Crippen LogP contribution is 2.32. The molecule has 25 heavy (non-hydrogen) atoms. The van der Waals surface area contributed by atoms with Gasteiger partial charge in [-0.1, -0.05) is 19.8 Å². The number of benzene rings is 1. The molecule has 2 aliphatic rings. The molecule has 1 aliphatic heterocycles. The summed E-state index contributed by atoms with van der Waals surface area (Å²) in [7, 11) is 0. The van der Waals surface area contributed by atoms with Crippen LogP contribution in [0.2, 0.25) is 0 Å². The van der Waals surface area contributed by atoms with Gasteiger partial charge in [0.1, 0.15) is 6.10 Å². The molecule has 0 aromatic heterocycles. The Labute approximate surface area is 148 Å². The topological polar surface area (TPSA) is 53.3 Å². The lowest BCUT2D eigenvalue weighted by Gasteiger charge is -2.37. The largest absolute Gasteiger partial charge is 0.487 e. The molecule has 1 saturated heterocycles. The first-order valence-electron chi connectivity index (χ1n) is 9.23. The van der Waals surface area contributed by atoms with Gasteiger partial charge in [0.15, 0.2) is 11.6 Å². The van der Waals surface area contributed by atoms with Gasteiger partial charge in [-0.3, -0.25) is 4.79 Å². The number of carbonyl (C=O) groups is 1. The van der Waals surface area contributed by atoms with Crippen LogP contribution in [0.25, 0.3) is 0 Å². The molecular formula is C20H25FN2O2. The van der Waals surface area contributed by atoms with Crippen molar-refractivity contribution in [1.29, 1.82) is 5.26 Å². The van der Waals surface area contributed by atoms with Gasteiger partial charge in [0.05, 0.1) is 11.6 Å². The zero-order valence-electron chi connectivity index (χ0n) is 14.7. The van der Waals surface area contributed by atoms with E-state index in [-0.39, 0.29) is 29.2 Å². The number of piperidine rings is 1. The number of hydrogen-bond acceptors (Lipinski definition) is 3. The van der Waals surface area contributed by atoms with Crippen LogP contribution < -0.4 is 4.74 Å². The Bertz CT molecular complexity index is 662. The summed E-state index contributed by atoms with van der Waals surface area (Å²) in [5, 5.41) is 8.79. The summed E-state index contributed by atoms with van der Waals surface area (Å²) in [5.41, 5.74) is 0.284. The number of carbonyl (C=O) groups excluding carboxylic acids is 1. The molecule has 1 aliphatic carbocycles. The molecule has 3 rings (SSSR count). The summed E-state index contributed by atoms with van der Waals surface area (Å²) in [5.74, 6) is 0.610. The molecule has 0 radical (unpaired) electrons. The van der Waals surface area contributed by atoms with E-state index in [1.165, 1.54) is 18.6 Å². The Morgan fingerprint density at radius 3 is 2.60 bits per heavy atom. The molecule has 1 aromatic carbocycles. The van der Waals surface area contributed by atoms with Gasteiger partial charge < -0.3 is 9.64 Å². The molecule has 1 heterocycles. The molecule has 1 aromatic rings. The third kappa shape index (κ3) is 4.12. The first-order chi connectivity index (χ1) is 12.1. The first-order valence-corrected chi connectivity index (χ1v) is 9.23. The lowest BCUT2D eigenvalue weighted by molar-refractivity contribution is -0.140. The lowest BCUT2D eigenvalue weighted by Crippen LogP contribution is -2.46. The molecule has 1 amide bonds. The molecule has 1 saturated carbocycles. The van der Waals surface area contributed by atoms with Crippen LogP contribution in [0.15, 0.2) is 18.2 Å². The zero-order valence-corrected chi connectivity index (χ0v) is 14.7. The van der Waals surface area contributed by atoms with Crippen molar-refractivity contribution in [2.24, 2.45) is 11.8 Å². The number of ether oxygens (including phenoxy) is 1. The van der Waals surface area contributed by atoms with E-state index in [2.05, 4.69) is 6.92 Å². The maximum absolute atomic E-state index is 13.9. The Balaban J connectivity index is 1.53. The fraction of sp³-hybridized carbons (Fsp3) is 0.600. The minimum Gasteiger partial charge on any atom is -0.487 e. The third-order valence-electron chi connectivity index (χ3n) is 5.54. The summed E-state index contributed by atoms with van der Waals surface area (Å²) in [6, 6.07) is 6.17. The van der Waals surface area contributed by atoms with E-state index in [1.54, 1.807) is 6.07 Å². The predicted molar refractivity (Wildman–Crippen MR) is 92.5 cm³/mol. The molecule has 2 fully saturated rings. The predicted octanol–water partition coefficient (Wildman–Crippen LogP) is 3.89. The summed E-state index contributed by atoms with van der Waals surface area (Å²) < 4.78 is 19.7. The van der Waals surface area contributed by atoms with E-state index in [4.69, 9.17) is 10.00 Å². The third-order valence-corrected chi connectivity index (χ3v) is 5.54. The highest BCUT2D eigenvalue weighted by molar-refractivity contribution is 5.79. The maximum atomic E-state index is 13.9. The number of nitriles is 1. The standard InChI is InChI=1S/C20H25FN2O2/c1-14-4-2-3-5-17(14)20(24)23-10-8-16(9-11-23)25-19-7-6-15(13-22)12-18(19)21/h6-7,12,14,16-17H,2-5,8-11H2,1H3. The molecular weight excluding hydrogens is 319 g/mol. The average Bonchev–Trinajstić information content (AvgIpc) is 2.64. The first kappa shape index (κ1) is 17.7. The minimum atomic E-state index is -0.506. The van der Waals surface area contributed by atoms with E-state index in [1.807, 2.05) is 11.0 Å². The van der Waals surface area contributed by atoms with Crippen molar-refractivity contribution in [1.82, 2.24) is 4.90 Å². The number of rotatable bonds is 3. The SMILES string of the molecule is CC1CCCCC1C(=O)N1CCC(Oc2ccc(C#N)cc2F)CC1. The summed E-state index contributed by atoms with van der Waals surface area (Å²) in [6.45, 7) is 3.53. The molecule has 5 heteroatoms. The van der Waals surface area contributed by atoms with Crippen molar-refractivity contribution in [2.45, 2.75) is 51.6 Å². The van der Waals surface area contributed by atoms with Crippen molar-refractivity contribution in [3.63, 3.8) is 0 Å². The monoisotopic (exact) mass is 344 g/mol. The molecule has 134 valence electrons. The van der Waals surface area contributed by atoms with E-state index in [0.29, 0.717) is 31.8 Å². The van der Waals surface area contributed by atoms with E-state index < -0.39 is 5.82 Å². The summed E-state index contributed by atoms with van der Waals surface area (Å²) in [6.07, 6.45) is 5.88. The van der Waals surface area contributed by atoms with E-state index >= 15 is 0 Å². The molecule has 0 N–H and O–H groups in total. The summed E-state index contributed by atoms with van der Waals surface area (Å²) >= 11 is 0. The van der Waals surface area contributed by atoms with Crippen LogP contribution in [-0.4, -0.2) is 30.0 Å². The average molecular weight is 344 g/mol. The van der Waals surface area contributed by atoms with Gasteiger partial charge in [0.25, 0.3) is 0 Å². The van der Waals surface area contributed by atoms with Gasteiger partial charge >= 0.3 is 0 Å². The Morgan fingerprint density at radius 1 is 1.24 bits per heavy atom. The van der Waals surface area contributed by atoms with Crippen molar-refractivity contribution in [3.05, 3.63) is 29.6 Å². The van der Waals surface area contributed by atoms with Crippen LogP contribution in [0.5, 0.6) is 5.75 Å². The van der Waals surface area contributed by atoms with Crippen molar-refractivity contribution < 1.29 is 13.9 Å². The Kier molecular flexibility index (Phi) is 5.57. The maximum Gasteiger partial charge on any atom is 0.225 e. The zero-order chi connectivity index (χ0) is 17.8. The smallest absolute Gasteiger partial charge is 0.225 e. The molecule has 2 unspecified atom stereocenters. The van der Waals surface area contributed by atoms with Crippen LogP contribution in [0.4, 0.5) is 4.39 Å². The van der Waals surface area contributed by atoms with Gasteiger partial charge in [-0.15, -0.1) is 0 Å². The van der Waals surface area contributed by atoms with E-state index in [0.717, 1.165) is 19.3 Å². The number of halogens is 1. The minimum absolute atomic E-state index is 0.0877. The van der Waals surface area contributed by atoms with Crippen LogP contribution in [0.1, 0.15) is 51.0 Å². The van der Waals surface area contributed by atoms with E-state index in [9.17, 15) is 9.18 Å². The quantitative estimate of drug-likeness (QED) is 0.836. The normalized spacial score (nSPS) is 24.6. The molecule has 2 atom stereocenters. The number of likely N-dealkylation sites (tertiary alicyclic amines) is 1. The summed E-state index contributed by atoms with van der Waals surface area (Å²) in [4.78, 5) is 14.7. The highest BCUT2D eigenvalue weighted by Gasteiger charge is 2.33. The van der Waals surface area contributed by atoms with Crippen molar-refractivity contribution in [3.8, 4) is 11.8 Å². The second-order valence-electron chi connectivity index (χ2n) is 7.27. The van der Waals surface area contributed by atoms with Crippen molar-refractivity contribution in [2.75, 3.05) is 13.1 Å². The molecule has 0 spiro atoms.